The SMILES string of the molecule is C=C(C)C[C@@H](Nc1ccc(OC)cc1)c1ccco1. The Hall–Kier alpha value is -2.16. The topological polar surface area (TPSA) is 34.4 Å². The highest BCUT2D eigenvalue weighted by Crippen LogP contribution is 2.26. The van der Waals surface area contributed by atoms with Crippen LogP contribution in [0.3, 0.4) is 0 Å². The number of benzene rings is 1. The fourth-order valence-electron chi connectivity index (χ4n) is 1.95. The van der Waals surface area contributed by atoms with Gasteiger partial charge in [-0.3, -0.25) is 0 Å². The van der Waals surface area contributed by atoms with Crippen LogP contribution in [0.5, 0.6) is 5.75 Å². The molecule has 0 bridgehead atoms. The van der Waals surface area contributed by atoms with Crippen LogP contribution in [0.4, 0.5) is 5.69 Å². The Morgan fingerprint density at radius 1 is 1.32 bits per heavy atom. The molecule has 0 aliphatic rings. The van der Waals surface area contributed by atoms with Gasteiger partial charge in [0.1, 0.15) is 11.5 Å². The van der Waals surface area contributed by atoms with E-state index in [4.69, 9.17) is 9.15 Å². The van der Waals surface area contributed by atoms with E-state index in [2.05, 4.69) is 11.9 Å². The number of rotatable bonds is 6. The molecule has 1 atom stereocenters. The van der Waals surface area contributed by atoms with Gasteiger partial charge >= 0.3 is 0 Å². The van der Waals surface area contributed by atoms with Crippen LogP contribution in [0.15, 0.2) is 59.2 Å². The van der Waals surface area contributed by atoms with Crippen LogP contribution in [0.2, 0.25) is 0 Å². The van der Waals surface area contributed by atoms with Crippen molar-refractivity contribution in [2.75, 3.05) is 12.4 Å². The van der Waals surface area contributed by atoms with Gasteiger partial charge in [0.15, 0.2) is 0 Å². The Balaban J connectivity index is 2.12. The van der Waals surface area contributed by atoms with Crippen molar-refractivity contribution in [1.82, 2.24) is 0 Å². The van der Waals surface area contributed by atoms with Gasteiger partial charge in [-0.1, -0.05) is 5.57 Å². The zero-order chi connectivity index (χ0) is 13.7. The average Bonchev–Trinajstić information content (AvgIpc) is 2.92. The maximum atomic E-state index is 5.49. The van der Waals surface area contributed by atoms with Gasteiger partial charge in [-0.05, 0) is 49.7 Å². The van der Waals surface area contributed by atoms with Gasteiger partial charge in [0.25, 0.3) is 0 Å². The molecule has 0 aliphatic carbocycles. The summed E-state index contributed by atoms with van der Waals surface area (Å²) in [5.74, 6) is 1.76. The van der Waals surface area contributed by atoms with Gasteiger partial charge in [-0.2, -0.15) is 0 Å². The van der Waals surface area contributed by atoms with E-state index in [1.807, 2.05) is 43.3 Å². The first-order chi connectivity index (χ1) is 9.19. The molecule has 19 heavy (non-hydrogen) atoms. The van der Waals surface area contributed by atoms with E-state index in [1.165, 1.54) is 0 Å². The van der Waals surface area contributed by atoms with Gasteiger partial charge in [-0.15, -0.1) is 6.58 Å². The standard InChI is InChI=1S/C16H19NO2/c1-12(2)11-15(16-5-4-10-19-16)17-13-6-8-14(18-3)9-7-13/h4-10,15,17H,1,11H2,2-3H3/t15-/m1/s1. The minimum absolute atomic E-state index is 0.0981. The lowest BCUT2D eigenvalue weighted by atomic mass is 10.1. The molecule has 0 aliphatic heterocycles. The maximum absolute atomic E-state index is 5.49. The van der Waals surface area contributed by atoms with Crippen molar-refractivity contribution in [1.29, 1.82) is 0 Å². The predicted molar refractivity (Wildman–Crippen MR) is 77.5 cm³/mol. The third-order valence-corrected chi connectivity index (χ3v) is 2.87. The minimum Gasteiger partial charge on any atom is -0.497 e. The van der Waals surface area contributed by atoms with Gasteiger partial charge < -0.3 is 14.5 Å². The largest absolute Gasteiger partial charge is 0.497 e. The van der Waals surface area contributed by atoms with E-state index in [1.54, 1.807) is 13.4 Å². The minimum atomic E-state index is 0.0981. The van der Waals surface area contributed by atoms with E-state index in [0.717, 1.165) is 29.2 Å². The van der Waals surface area contributed by atoms with Gasteiger partial charge in [0.05, 0.1) is 19.4 Å². The lowest BCUT2D eigenvalue weighted by molar-refractivity contribution is 0.415. The molecule has 1 N–H and O–H groups in total. The number of methoxy groups -OCH3 is 1. The molecule has 1 aromatic heterocycles. The Kier molecular flexibility index (Phi) is 4.29. The summed E-state index contributed by atoms with van der Waals surface area (Å²) in [6, 6.07) is 11.8. The second-order valence-corrected chi connectivity index (χ2v) is 4.60. The summed E-state index contributed by atoms with van der Waals surface area (Å²) in [6.45, 7) is 5.99. The Bertz CT molecular complexity index is 514. The Labute approximate surface area is 113 Å². The van der Waals surface area contributed by atoms with E-state index in [-0.39, 0.29) is 6.04 Å². The van der Waals surface area contributed by atoms with Crippen LogP contribution in [0.1, 0.15) is 25.1 Å². The summed E-state index contributed by atoms with van der Waals surface area (Å²) in [4.78, 5) is 0. The highest BCUT2D eigenvalue weighted by Gasteiger charge is 2.14. The summed E-state index contributed by atoms with van der Waals surface area (Å²) < 4.78 is 10.6. The molecular formula is C16H19NO2. The lowest BCUT2D eigenvalue weighted by Gasteiger charge is -2.18. The van der Waals surface area contributed by atoms with Crippen molar-refractivity contribution in [2.24, 2.45) is 0 Å². The average molecular weight is 257 g/mol. The molecule has 0 fully saturated rings. The molecule has 100 valence electrons. The summed E-state index contributed by atoms with van der Waals surface area (Å²) in [6.07, 6.45) is 2.52. The fourth-order valence-corrected chi connectivity index (χ4v) is 1.95. The molecule has 2 aromatic rings. The van der Waals surface area contributed by atoms with Gasteiger partial charge in [0, 0.05) is 5.69 Å². The van der Waals surface area contributed by atoms with Crippen LogP contribution >= 0.6 is 0 Å². The van der Waals surface area contributed by atoms with E-state index in [0.29, 0.717) is 0 Å². The molecule has 1 heterocycles. The number of hydrogen-bond donors (Lipinski definition) is 1. The van der Waals surface area contributed by atoms with Crippen molar-refractivity contribution in [3.05, 3.63) is 60.6 Å². The fraction of sp³-hybridized carbons (Fsp3) is 0.250. The van der Waals surface area contributed by atoms with E-state index >= 15 is 0 Å². The van der Waals surface area contributed by atoms with Crippen molar-refractivity contribution in [3.8, 4) is 5.75 Å². The third-order valence-electron chi connectivity index (χ3n) is 2.87. The maximum Gasteiger partial charge on any atom is 0.126 e. The summed E-state index contributed by atoms with van der Waals surface area (Å²) in [7, 11) is 1.66. The first kappa shape index (κ1) is 13.3. The van der Waals surface area contributed by atoms with Gasteiger partial charge in [-0.25, -0.2) is 0 Å². The number of furan rings is 1. The summed E-state index contributed by atoms with van der Waals surface area (Å²) >= 11 is 0. The highest BCUT2D eigenvalue weighted by molar-refractivity contribution is 5.48. The lowest BCUT2D eigenvalue weighted by Crippen LogP contribution is -2.10. The van der Waals surface area contributed by atoms with Crippen molar-refractivity contribution in [3.63, 3.8) is 0 Å². The number of ether oxygens (including phenoxy) is 1. The molecule has 3 nitrogen and oxygen atoms in total. The molecule has 0 saturated carbocycles. The van der Waals surface area contributed by atoms with Crippen LogP contribution in [0.25, 0.3) is 0 Å². The van der Waals surface area contributed by atoms with E-state index < -0.39 is 0 Å². The van der Waals surface area contributed by atoms with Crippen LogP contribution < -0.4 is 10.1 Å². The van der Waals surface area contributed by atoms with Gasteiger partial charge in [0.2, 0.25) is 0 Å². The number of hydrogen-bond acceptors (Lipinski definition) is 3. The van der Waals surface area contributed by atoms with Crippen LogP contribution in [-0.4, -0.2) is 7.11 Å². The van der Waals surface area contributed by atoms with Crippen molar-refractivity contribution in [2.45, 2.75) is 19.4 Å². The normalized spacial score (nSPS) is 11.9. The monoisotopic (exact) mass is 257 g/mol. The molecule has 0 radical (unpaired) electrons. The summed E-state index contributed by atoms with van der Waals surface area (Å²) in [5, 5.41) is 3.45. The van der Waals surface area contributed by atoms with Crippen LogP contribution in [0, 0.1) is 0 Å². The molecule has 0 unspecified atom stereocenters. The first-order valence-corrected chi connectivity index (χ1v) is 6.27. The summed E-state index contributed by atoms with van der Waals surface area (Å²) in [5.41, 5.74) is 2.14. The third kappa shape index (κ3) is 3.65. The molecule has 0 amide bonds. The first-order valence-electron chi connectivity index (χ1n) is 6.27. The molecular weight excluding hydrogens is 238 g/mol. The predicted octanol–water partition coefficient (Wildman–Crippen LogP) is 4.41. The Morgan fingerprint density at radius 2 is 2.05 bits per heavy atom. The molecule has 3 heteroatoms. The second-order valence-electron chi connectivity index (χ2n) is 4.60. The highest BCUT2D eigenvalue weighted by atomic mass is 16.5. The molecule has 2 rings (SSSR count). The molecule has 0 saturated heterocycles. The second kappa shape index (κ2) is 6.14. The molecule has 0 spiro atoms. The van der Waals surface area contributed by atoms with Crippen molar-refractivity contribution < 1.29 is 9.15 Å². The molecule has 1 aromatic carbocycles. The smallest absolute Gasteiger partial charge is 0.126 e. The Morgan fingerprint density at radius 3 is 2.58 bits per heavy atom. The van der Waals surface area contributed by atoms with Crippen molar-refractivity contribution >= 4 is 5.69 Å². The van der Waals surface area contributed by atoms with E-state index in [9.17, 15) is 0 Å². The zero-order valence-electron chi connectivity index (χ0n) is 11.3. The van der Waals surface area contributed by atoms with Crippen LogP contribution in [-0.2, 0) is 0 Å². The number of nitrogens with one attached hydrogen (secondary N) is 1. The quantitative estimate of drug-likeness (QED) is 0.778. The number of anilines is 1. The zero-order valence-corrected chi connectivity index (χ0v) is 11.3.